The Morgan fingerprint density at radius 1 is 1.15 bits per heavy atom. The normalized spacial score (nSPS) is 12.8. The topological polar surface area (TPSA) is 57.6 Å². The number of rotatable bonds is 6. The molecule has 0 saturated carbocycles. The van der Waals surface area contributed by atoms with Gasteiger partial charge in [-0.2, -0.15) is 0 Å². The van der Waals surface area contributed by atoms with Crippen molar-refractivity contribution in [1.82, 2.24) is 0 Å². The number of carboxylic acid groups (broad SMARTS) is 1. The number of carbonyl (C=O) groups excluding carboxylic acids is 1. The number of hydrogen-bond acceptors (Lipinski definition) is 3. The van der Waals surface area contributed by atoms with Crippen molar-refractivity contribution in [2.45, 2.75) is 6.92 Å². The fourth-order valence-electron chi connectivity index (χ4n) is 1.64. The minimum atomic E-state index is -1.01. The molecule has 0 aromatic heterocycles. The number of anilines is 1. The molecule has 0 amide bonds. The highest BCUT2D eigenvalue weighted by molar-refractivity contribution is 5.99. The van der Waals surface area contributed by atoms with Gasteiger partial charge in [-0.3, -0.25) is 4.79 Å². The van der Waals surface area contributed by atoms with Gasteiger partial charge in [0, 0.05) is 37.3 Å². The number of allylic oxidation sites excluding steroid dienone is 3. The predicted octanol–water partition coefficient (Wildman–Crippen LogP) is 2.77. The van der Waals surface area contributed by atoms with E-state index in [0.717, 1.165) is 11.8 Å². The highest BCUT2D eigenvalue weighted by Gasteiger charge is 2.12. The van der Waals surface area contributed by atoms with Crippen molar-refractivity contribution in [3.63, 3.8) is 0 Å². The maximum atomic E-state index is 12.1. The smallest absolute Gasteiger partial charge is 0.328 e. The summed E-state index contributed by atoms with van der Waals surface area (Å²) in [7, 11) is 3.88. The molecule has 0 radical (unpaired) electrons. The van der Waals surface area contributed by atoms with Gasteiger partial charge in [-0.25, -0.2) is 4.79 Å². The molecule has 0 fully saturated rings. The SMILES string of the molecule is C[C@H](/C=C/C=C/C(=O)O)C(=O)c1ccc(N(C)C)cc1. The Labute approximate surface area is 119 Å². The van der Waals surface area contributed by atoms with E-state index in [1.54, 1.807) is 31.2 Å². The van der Waals surface area contributed by atoms with E-state index in [-0.39, 0.29) is 11.7 Å². The first kappa shape index (κ1) is 15.7. The molecule has 0 heterocycles. The summed E-state index contributed by atoms with van der Waals surface area (Å²) in [5.74, 6) is -1.29. The maximum absolute atomic E-state index is 12.1. The van der Waals surface area contributed by atoms with Gasteiger partial charge in [-0.15, -0.1) is 0 Å². The molecule has 0 spiro atoms. The van der Waals surface area contributed by atoms with E-state index >= 15 is 0 Å². The van der Waals surface area contributed by atoms with E-state index in [9.17, 15) is 9.59 Å². The Balaban J connectivity index is 2.71. The third-order valence-electron chi connectivity index (χ3n) is 2.83. The number of carboxylic acids is 1. The van der Waals surface area contributed by atoms with Gasteiger partial charge in [0.15, 0.2) is 5.78 Å². The maximum Gasteiger partial charge on any atom is 0.328 e. The lowest BCUT2D eigenvalue weighted by atomic mass is 9.98. The summed E-state index contributed by atoms with van der Waals surface area (Å²) in [6, 6.07) is 7.40. The second kappa shape index (κ2) is 7.28. The number of Topliss-reactive ketones (excluding diaryl/α,β-unsaturated/α-hetero) is 1. The molecule has 0 saturated heterocycles. The zero-order valence-corrected chi connectivity index (χ0v) is 11.9. The van der Waals surface area contributed by atoms with Gasteiger partial charge in [0.25, 0.3) is 0 Å². The van der Waals surface area contributed by atoms with Crippen LogP contribution in [0.15, 0.2) is 48.6 Å². The average Bonchev–Trinajstić information content (AvgIpc) is 2.42. The zero-order chi connectivity index (χ0) is 15.1. The molecule has 0 unspecified atom stereocenters. The third kappa shape index (κ3) is 4.72. The van der Waals surface area contributed by atoms with Crippen molar-refractivity contribution in [1.29, 1.82) is 0 Å². The molecule has 20 heavy (non-hydrogen) atoms. The van der Waals surface area contributed by atoms with Crippen LogP contribution in [0, 0.1) is 5.92 Å². The standard InChI is InChI=1S/C16H19NO3/c1-12(6-4-5-7-15(18)19)16(20)13-8-10-14(11-9-13)17(2)3/h4-12H,1-3H3,(H,18,19)/b6-4+,7-5+/t12-/m1/s1. The van der Waals surface area contributed by atoms with E-state index in [0.29, 0.717) is 5.56 Å². The molecule has 1 atom stereocenters. The average molecular weight is 273 g/mol. The van der Waals surface area contributed by atoms with E-state index in [1.165, 1.54) is 6.08 Å². The molecule has 1 rings (SSSR count). The van der Waals surface area contributed by atoms with Crippen molar-refractivity contribution < 1.29 is 14.7 Å². The van der Waals surface area contributed by atoms with Crippen molar-refractivity contribution >= 4 is 17.4 Å². The van der Waals surface area contributed by atoms with Crippen LogP contribution in [-0.2, 0) is 4.79 Å². The Morgan fingerprint density at radius 2 is 1.75 bits per heavy atom. The summed E-state index contributed by atoms with van der Waals surface area (Å²) in [6.45, 7) is 1.79. The molecule has 106 valence electrons. The predicted molar refractivity (Wildman–Crippen MR) is 80.2 cm³/mol. The lowest BCUT2D eigenvalue weighted by molar-refractivity contribution is -0.131. The van der Waals surface area contributed by atoms with Crippen LogP contribution in [0.1, 0.15) is 17.3 Å². The minimum Gasteiger partial charge on any atom is -0.478 e. The fraction of sp³-hybridized carbons (Fsp3) is 0.250. The van der Waals surface area contributed by atoms with Crippen LogP contribution in [0.2, 0.25) is 0 Å². The molecular weight excluding hydrogens is 254 g/mol. The van der Waals surface area contributed by atoms with Gasteiger partial charge in [0.05, 0.1) is 0 Å². The van der Waals surface area contributed by atoms with Crippen LogP contribution in [0.3, 0.4) is 0 Å². The Hall–Kier alpha value is -2.36. The van der Waals surface area contributed by atoms with Gasteiger partial charge in [-0.05, 0) is 24.3 Å². The first-order valence-electron chi connectivity index (χ1n) is 6.31. The Morgan fingerprint density at radius 3 is 2.25 bits per heavy atom. The van der Waals surface area contributed by atoms with Crippen molar-refractivity contribution in [3.8, 4) is 0 Å². The zero-order valence-electron chi connectivity index (χ0n) is 11.9. The number of ketones is 1. The summed E-state index contributed by atoms with van der Waals surface area (Å²) >= 11 is 0. The van der Waals surface area contributed by atoms with Crippen LogP contribution in [0.25, 0.3) is 0 Å². The molecule has 0 aliphatic carbocycles. The summed E-state index contributed by atoms with van der Waals surface area (Å²) in [5.41, 5.74) is 1.68. The molecule has 4 nitrogen and oxygen atoms in total. The van der Waals surface area contributed by atoms with Gasteiger partial charge in [0.1, 0.15) is 0 Å². The second-order valence-corrected chi connectivity index (χ2v) is 4.68. The number of nitrogens with zero attached hydrogens (tertiary/aromatic N) is 1. The second-order valence-electron chi connectivity index (χ2n) is 4.68. The van der Waals surface area contributed by atoms with Crippen LogP contribution < -0.4 is 4.90 Å². The fourth-order valence-corrected chi connectivity index (χ4v) is 1.64. The summed E-state index contributed by atoms with van der Waals surface area (Å²) in [5, 5.41) is 8.45. The van der Waals surface area contributed by atoms with Crippen molar-refractivity contribution in [2.24, 2.45) is 5.92 Å². The van der Waals surface area contributed by atoms with Crippen molar-refractivity contribution in [3.05, 3.63) is 54.1 Å². The monoisotopic (exact) mass is 273 g/mol. The molecule has 1 aromatic carbocycles. The Kier molecular flexibility index (Phi) is 5.72. The largest absolute Gasteiger partial charge is 0.478 e. The quantitative estimate of drug-likeness (QED) is 0.492. The molecule has 0 bridgehead atoms. The third-order valence-corrected chi connectivity index (χ3v) is 2.83. The van der Waals surface area contributed by atoms with E-state index in [4.69, 9.17) is 5.11 Å². The van der Waals surface area contributed by atoms with E-state index < -0.39 is 5.97 Å². The molecule has 4 heteroatoms. The lowest BCUT2D eigenvalue weighted by Gasteiger charge is -2.13. The molecule has 0 aliphatic rings. The minimum absolute atomic E-state index is 0.00952. The first-order valence-corrected chi connectivity index (χ1v) is 6.31. The summed E-state index contributed by atoms with van der Waals surface area (Å²) in [6.07, 6.45) is 5.69. The summed E-state index contributed by atoms with van der Waals surface area (Å²) < 4.78 is 0. The summed E-state index contributed by atoms with van der Waals surface area (Å²) in [4.78, 5) is 24.4. The highest BCUT2D eigenvalue weighted by Crippen LogP contribution is 2.15. The van der Waals surface area contributed by atoms with Crippen molar-refractivity contribution in [2.75, 3.05) is 19.0 Å². The van der Waals surface area contributed by atoms with Crippen LogP contribution >= 0.6 is 0 Å². The molecule has 1 aromatic rings. The highest BCUT2D eigenvalue weighted by atomic mass is 16.4. The van der Waals surface area contributed by atoms with Gasteiger partial charge < -0.3 is 10.0 Å². The number of hydrogen-bond donors (Lipinski definition) is 1. The molecule has 0 aliphatic heterocycles. The molecular formula is C16H19NO3. The van der Waals surface area contributed by atoms with E-state index in [2.05, 4.69) is 0 Å². The molecule has 1 N–H and O–H groups in total. The van der Waals surface area contributed by atoms with Gasteiger partial charge in [-0.1, -0.05) is 25.2 Å². The number of carbonyl (C=O) groups is 2. The van der Waals surface area contributed by atoms with Crippen LogP contribution in [0.4, 0.5) is 5.69 Å². The Bertz CT molecular complexity index is 527. The van der Waals surface area contributed by atoms with Crippen LogP contribution in [-0.4, -0.2) is 31.0 Å². The van der Waals surface area contributed by atoms with Crippen LogP contribution in [0.5, 0.6) is 0 Å². The lowest BCUT2D eigenvalue weighted by Crippen LogP contribution is -2.11. The number of aliphatic carboxylic acids is 1. The number of benzene rings is 1. The van der Waals surface area contributed by atoms with Gasteiger partial charge in [0.2, 0.25) is 0 Å². The van der Waals surface area contributed by atoms with E-state index in [1.807, 2.05) is 31.1 Å². The first-order chi connectivity index (χ1) is 9.41. The van der Waals surface area contributed by atoms with Gasteiger partial charge >= 0.3 is 5.97 Å².